The number of nitrogens with zero attached hydrogens (tertiary/aromatic N) is 1. The summed E-state index contributed by atoms with van der Waals surface area (Å²) >= 11 is 10.1. The Bertz CT molecular complexity index is 866. The number of anilines is 1. The largest absolute Gasteiger partial charge is 0.326 e. The van der Waals surface area contributed by atoms with Crippen LogP contribution in [0, 0.1) is 0 Å². The van der Waals surface area contributed by atoms with E-state index in [0.29, 0.717) is 0 Å². The minimum atomic E-state index is -0.0622. The van der Waals surface area contributed by atoms with Crippen LogP contribution in [0.3, 0.4) is 0 Å². The number of hydrogen-bond acceptors (Lipinski definition) is 4. The fraction of sp³-hybridized carbons (Fsp3) is 0.111. The Balaban J connectivity index is 1.52. The number of carbonyl (C=O) groups is 1. The number of benzene rings is 2. The second-order valence-electron chi connectivity index (χ2n) is 5.26. The van der Waals surface area contributed by atoms with E-state index in [4.69, 9.17) is 0 Å². The molecule has 0 spiro atoms. The predicted molar refractivity (Wildman–Crippen MR) is 112 cm³/mol. The monoisotopic (exact) mass is 496 g/mol. The second-order valence-corrected chi connectivity index (χ2v) is 9.17. The minimum absolute atomic E-state index is 0.0622. The van der Waals surface area contributed by atoms with Crippen LogP contribution in [0.5, 0.6) is 0 Å². The fourth-order valence-corrected chi connectivity index (χ4v) is 4.56. The van der Waals surface area contributed by atoms with E-state index in [-0.39, 0.29) is 12.3 Å². The van der Waals surface area contributed by atoms with Gasteiger partial charge in [0, 0.05) is 25.8 Å². The summed E-state index contributed by atoms with van der Waals surface area (Å²) in [7, 11) is 0. The summed E-state index contributed by atoms with van der Waals surface area (Å²) in [5.74, 6) is 0.803. The van der Waals surface area contributed by atoms with E-state index < -0.39 is 0 Å². The minimum Gasteiger partial charge on any atom is -0.326 e. The smallest absolute Gasteiger partial charge is 0.230 e. The third-order valence-corrected chi connectivity index (χ3v) is 6.42. The summed E-state index contributed by atoms with van der Waals surface area (Å²) in [5, 5.41) is 4.84. The predicted octanol–water partition coefficient (Wildman–Crippen LogP) is 6.14. The fourth-order valence-electron chi connectivity index (χ4n) is 2.10. The van der Waals surface area contributed by atoms with E-state index in [1.807, 2.05) is 41.8 Å². The number of nitrogens with one attached hydrogen (secondary N) is 1. The van der Waals surface area contributed by atoms with Crippen molar-refractivity contribution in [2.75, 3.05) is 5.32 Å². The van der Waals surface area contributed by atoms with Gasteiger partial charge in [0.15, 0.2) is 0 Å². The Morgan fingerprint density at radius 1 is 1.12 bits per heavy atom. The molecule has 0 aliphatic rings. The van der Waals surface area contributed by atoms with Crippen LogP contribution < -0.4 is 5.32 Å². The maximum atomic E-state index is 12.1. The van der Waals surface area contributed by atoms with Gasteiger partial charge in [0.05, 0.1) is 12.1 Å². The molecule has 1 heterocycles. The molecule has 0 radical (unpaired) electrons. The molecule has 1 aromatic heterocycles. The Morgan fingerprint density at radius 2 is 1.92 bits per heavy atom. The molecule has 25 heavy (non-hydrogen) atoms. The highest BCUT2D eigenvalue weighted by Crippen LogP contribution is 2.27. The summed E-state index contributed by atoms with van der Waals surface area (Å²) in [5.41, 5.74) is 2.83. The van der Waals surface area contributed by atoms with Gasteiger partial charge in [-0.25, -0.2) is 4.98 Å². The highest BCUT2D eigenvalue weighted by Gasteiger charge is 2.09. The van der Waals surface area contributed by atoms with E-state index in [2.05, 4.69) is 54.3 Å². The molecule has 128 valence electrons. The summed E-state index contributed by atoms with van der Waals surface area (Å²) in [6.45, 7) is 0. The molecule has 0 fully saturated rings. The molecule has 7 heteroatoms. The molecule has 0 aliphatic carbocycles. The van der Waals surface area contributed by atoms with Gasteiger partial charge in [-0.15, -0.1) is 11.3 Å². The van der Waals surface area contributed by atoms with Crippen LogP contribution >= 0.6 is 55.0 Å². The van der Waals surface area contributed by atoms with Gasteiger partial charge in [-0.1, -0.05) is 61.8 Å². The van der Waals surface area contributed by atoms with E-state index in [1.54, 1.807) is 23.1 Å². The third-order valence-electron chi connectivity index (χ3n) is 3.26. The van der Waals surface area contributed by atoms with E-state index >= 15 is 0 Å². The lowest BCUT2D eigenvalue weighted by atomic mass is 10.2. The van der Waals surface area contributed by atoms with Gasteiger partial charge in [-0.05, 0) is 35.9 Å². The van der Waals surface area contributed by atoms with Crippen molar-refractivity contribution in [1.82, 2.24) is 4.98 Å². The van der Waals surface area contributed by atoms with Gasteiger partial charge >= 0.3 is 0 Å². The number of carbonyl (C=O) groups excluding carboxylic acids is 1. The number of thiazole rings is 1. The lowest BCUT2D eigenvalue weighted by molar-refractivity contribution is -0.115. The second kappa shape index (κ2) is 8.98. The van der Waals surface area contributed by atoms with Gasteiger partial charge in [0.1, 0.15) is 4.34 Å². The molecule has 0 unspecified atom stereocenters. The molecule has 3 nitrogen and oxygen atoms in total. The van der Waals surface area contributed by atoms with Crippen LogP contribution in [0.2, 0.25) is 0 Å². The summed E-state index contributed by atoms with van der Waals surface area (Å²) < 4.78 is 2.99. The van der Waals surface area contributed by atoms with Gasteiger partial charge in [-0.2, -0.15) is 0 Å². The average molecular weight is 498 g/mol. The van der Waals surface area contributed by atoms with Gasteiger partial charge in [0.25, 0.3) is 0 Å². The maximum Gasteiger partial charge on any atom is 0.230 e. The maximum absolute atomic E-state index is 12.1. The molecule has 1 amide bonds. The SMILES string of the molecule is O=C(Cc1csc(SCc2ccc(Br)cc2)n1)Nc1cccc(Br)c1. The van der Waals surface area contributed by atoms with Crippen molar-refractivity contribution in [3.05, 3.63) is 74.1 Å². The first kappa shape index (κ1) is 18.6. The molecule has 0 saturated heterocycles. The molecular weight excluding hydrogens is 484 g/mol. The van der Waals surface area contributed by atoms with Crippen molar-refractivity contribution in [3.8, 4) is 0 Å². The first-order chi connectivity index (χ1) is 12.1. The zero-order valence-corrected chi connectivity index (χ0v) is 17.8. The van der Waals surface area contributed by atoms with Crippen molar-refractivity contribution < 1.29 is 4.79 Å². The van der Waals surface area contributed by atoms with E-state index in [1.165, 1.54) is 5.56 Å². The number of amides is 1. The summed E-state index contributed by atoms with van der Waals surface area (Å²) in [6.07, 6.45) is 0.280. The lowest BCUT2D eigenvalue weighted by Crippen LogP contribution is -2.14. The number of halogens is 2. The number of aromatic nitrogens is 1. The van der Waals surface area contributed by atoms with Crippen LogP contribution in [-0.2, 0) is 17.0 Å². The van der Waals surface area contributed by atoms with Gasteiger partial charge in [0.2, 0.25) is 5.91 Å². The molecule has 0 bridgehead atoms. The Hall–Kier alpha value is -1.15. The van der Waals surface area contributed by atoms with E-state index in [0.717, 1.165) is 30.4 Å². The van der Waals surface area contributed by atoms with Crippen LogP contribution in [0.25, 0.3) is 0 Å². The van der Waals surface area contributed by atoms with Crippen LogP contribution in [0.4, 0.5) is 5.69 Å². The third kappa shape index (κ3) is 5.95. The highest BCUT2D eigenvalue weighted by molar-refractivity contribution is 9.10. The zero-order chi connectivity index (χ0) is 17.6. The van der Waals surface area contributed by atoms with Crippen molar-refractivity contribution in [2.24, 2.45) is 0 Å². The normalized spacial score (nSPS) is 10.6. The molecule has 0 saturated carbocycles. The Morgan fingerprint density at radius 3 is 2.68 bits per heavy atom. The Kier molecular flexibility index (Phi) is 6.70. The standard InChI is InChI=1S/C18H14Br2N2OS2/c19-13-6-4-12(5-7-13)10-24-18-22-16(11-25-18)9-17(23)21-15-3-1-2-14(20)8-15/h1-8,11H,9-10H2,(H,21,23). The summed E-state index contributed by atoms with van der Waals surface area (Å²) in [6, 6.07) is 15.8. The average Bonchev–Trinajstić information content (AvgIpc) is 3.01. The zero-order valence-electron chi connectivity index (χ0n) is 13.0. The molecular formula is C18H14Br2N2OS2. The first-order valence-corrected chi connectivity index (χ1v) is 10.9. The Labute approximate surface area is 171 Å². The number of rotatable bonds is 6. The van der Waals surface area contributed by atoms with Crippen molar-refractivity contribution in [1.29, 1.82) is 0 Å². The highest BCUT2D eigenvalue weighted by atomic mass is 79.9. The molecule has 0 aliphatic heterocycles. The van der Waals surface area contributed by atoms with E-state index in [9.17, 15) is 4.79 Å². The van der Waals surface area contributed by atoms with Crippen molar-refractivity contribution in [3.63, 3.8) is 0 Å². The van der Waals surface area contributed by atoms with Gasteiger partial charge < -0.3 is 5.32 Å². The van der Waals surface area contributed by atoms with Gasteiger partial charge in [-0.3, -0.25) is 4.79 Å². The number of hydrogen-bond donors (Lipinski definition) is 1. The topological polar surface area (TPSA) is 42.0 Å². The lowest BCUT2D eigenvalue weighted by Gasteiger charge is -2.04. The molecule has 0 atom stereocenters. The quantitative estimate of drug-likeness (QED) is 0.416. The summed E-state index contributed by atoms with van der Waals surface area (Å²) in [4.78, 5) is 16.7. The molecule has 3 rings (SSSR count). The molecule has 1 N–H and O–H groups in total. The van der Waals surface area contributed by atoms with Crippen LogP contribution in [-0.4, -0.2) is 10.9 Å². The van der Waals surface area contributed by atoms with Crippen LogP contribution in [0.1, 0.15) is 11.3 Å². The van der Waals surface area contributed by atoms with Crippen molar-refractivity contribution in [2.45, 2.75) is 16.5 Å². The number of thioether (sulfide) groups is 1. The van der Waals surface area contributed by atoms with Crippen molar-refractivity contribution >= 4 is 66.6 Å². The molecule has 2 aromatic carbocycles. The first-order valence-electron chi connectivity index (χ1n) is 7.45. The van der Waals surface area contributed by atoms with Crippen LogP contribution in [0.15, 0.2) is 67.2 Å². The molecule has 3 aromatic rings.